The molecule has 0 amide bonds. The predicted molar refractivity (Wildman–Crippen MR) is 70.7 cm³/mol. The van der Waals surface area contributed by atoms with E-state index in [0.29, 0.717) is 0 Å². The van der Waals surface area contributed by atoms with E-state index in [9.17, 15) is 0 Å². The third-order valence-electron chi connectivity index (χ3n) is 0.940. The lowest BCUT2D eigenvalue weighted by atomic mass is 10.2. The van der Waals surface area contributed by atoms with Crippen LogP contribution < -0.4 is 0 Å². The quantitative estimate of drug-likeness (QED) is 0.531. The molecule has 0 saturated heterocycles. The molecule has 4 heteroatoms. The Labute approximate surface area is 104 Å². The number of aryl methyl sites for hydroxylation is 1. The third kappa shape index (κ3) is 56.1. The van der Waals surface area contributed by atoms with E-state index in [4.69, 9.17) is 20.4 Å². The maximum Gasteiger partial charge on any atom is 0.231 e. The van der Waals surface area contributed by atoms with Gasteiger partial charge in [0.25, 0.3) is 0 Å². The molecular formula is C13H22N2O2. The smallest absolute Gasteiger partial charge is 0.222 e. The maximum atomic E-state index is 8.35. The molecule has 0 fully saturated rings. The van der Waals surface area contributed by atoms with Gasteiger partial charge in [0.2, 0.25) is 12.2 Å². The number of hydrogen-bond acceptors (Lipinski definition) is 4. The van der Waals surface area contributed by atoms with Gasteiger partial charge in [-0.15, -0.1) is 0 Å². The first kappa shape index (κ1) is 24.3. The van der Waals surface area contributed by atoms with Crippen molar-refractivity contribution in [3.05, 3.63) is 35.9 Å². The van der Waals surface area contributed by atoms with Crippen LogP contribution in [0.15, 0.2) is 30.3 Å². The van der Waals surface area contributed by atoms with E-state index in [2.05, 4.69) is 19.1 Å². The Bertz CT molecular complexity index is 261. The summed E-state index contributed by atoms with van der Waals surface area (Å²) >= 11 is 0. The van der Waals surface area contributed by atoms with Gasteiger partial charge in [0.15, 0.2) is 0 Å². The van der Waals surface area contributed by atoms with E-state index in [1.54, 1.807) is 0 Å². The van der Waals surface area contributed by atoms with Gasteiger partial charge < -0.3 is 0 Å². The lowest BCUT2D eigenvalue weighted by molar-refractivity contribution is 0.562. The number of isocyanates is 2. The molecule has 0 saturated carbocycles. The normalized spacial score (nSPS) is 5.24. The van der Waals surface area contributed by atoms with Crippen LogP contribution in [0.3, 0.4) is 0 Å². The zero-order valence-corrected chi connectivity index (χ0v) is 11.2. The molecule has 0 heterocycles. The average Bonchev–Trinajstić information content (AvgIpc) is 2.37. The SMILES string of the molecule is CC.CC.Cc1ccccc1.N=C=O.N=C=O. The highest BCUT2D eigenvalue weighted by atomic mass is 16.1. The third-order valence-corrected chi connectivity index (χ3v) is 0.940. The second kappa shape index (κ2) is 37.0. The molecule has 96 valence electrons. The van der Waals surface area contributed by atoms with Crippen LogP contribution in [-0.2, 0) is 9.59 Å². The largest absolute Gasteiger partial charge is 0.231 e. The number of hydrogen-bond donors (Lipinski definition) is 2. The van der Waals surface area contributed by atoms with E-state index >= 15 is 0 Å². The predicted octanol–water partition coefficient (Wildman–Crippen LogP) is 3.85. The van der Waals surface area contributed by atoms with Crippen LogP contribution in [0.25, 0.3) is 0 Å². The molecule has 0 bridgehead atoms. The Morgan fingerprint density at radius 1 is 0.824 bits per heavy atom. The number of rotatable bonds is 0. The maximum absolute atomic E-state index is 8.35. The topological polar surface area (TPSA) is 81.8 Å². The zero-order valence-electron chi connectivity index (χ0n) is 11.2. The zero-order chi connectivity index (χ0) is 14.5. The molecule has 0 aromatic heterocycles. The first-order valence-electron chi connectivity index (χ1n) is 5.32. The molecule has 0 radical (unpaired) electrons. The lowest BCUT2D eigenvalue weighted by Gasteiger charge is -1.82. The number of nitrogens with one attached hydrogen (secondary N) is 2. The molecule has 0 atom stereocenters. The van der Waals surface area contributed by atoms with Crippen LogP contribution in [-0.4, -0.2) is 12.2 Å². The van der Waals surface area contributed by atoms with E-state index in [1.165, 1.54) is 5.56 Å². The first-order valence-corrected chi connectivity index (χ1v) is 5.32. The molecule has 0 unspecified atom stereocenters. The van der Waals surface area contributed by atoms with Gasteiger partial charge in [0, 0.05) is 0 Å². The van der Waals surface area contributed by atoms with Crippen molar-refractivity contribution in [3.8, 4) is 0 Å². The molecule has 1 rings (SSSR count). The van der Waals surface area contributed by atoms with Crippen molar-refractivity contribution in [1.82, 2.24) is 0 Å². The summed E-state index contributed by atoms with van der Waals surface area (Å²) in [5.74, 6) is 0. The molecule has 4 nitrogen and oxygen atoms in total. The average molecular weight is 238 g/mol. The van der Waals surface area contributed by atoms with Crippen LogP contribution >= 0.6 is 0 Å². The van der Waals surface area contributed by atoms with E-state index in [0.717, 1.165) is 12.2 Å². The lowest BCUT2D eigenvalue weighted by Crippen LogP contribution is -1.62. The molecule has 0 spiro atoms. The van der Waals surface area contributed by atoms with Gasteiger partial charge in [-0.3, -0.25) is 0 Å². The van der Waals surface area contributed by atoms with Crippen molar-refractivity contribution in [1.29, 1.82) is 10.8 Å². The van der Waals surface area contributed by atoms with E-state index < -0.39 is 0 Å². The van der Waals surface area contributed by atoms with Gasteiger partial charge in [0.1, 0.15) is 0 Å². The minimum absolute atomic E-state index is 0.750. The Morgan fingerprint density at radius 2 is 1.06 bits per heavy atom. The summed E-state index contributed by atoms with van der Waals surface area (Å²) in [6.45, 7) is 10.1. The summed E-state index contributed by atoms with van der Waals surface area (Å²) in [7, 11) is 0. The highest BCUT2D eigenvalue weighted by Gasteiger charge is 1.72. The van der Waals surface area contributed by atoms with Crippen molar-refractivity contribution in [2.45, 2.75) is 34.6 Å². The van der Waals surface area contributed by atoms with Gasteiger partial charge in [0.05, 0.1) is 0 Å². The molecule has 0 aliphatic rings. The first-order chi connectivity index (χ1) is 8.22. The molecule has 0 aliphatic carbocycles. The summed E-state index contributed by atoms with van der Waals surface area (Å²) < 4.78 is 0. The highest BCUT2D eigenvalue weighted by Crippen LogP contribution is 1.92. The standard InChI is InChI=1S/C7H8.2C2H6.2CHNO/c1-7-5-3-2-4-6-7;2*1-2;2*2-1-3/h2-6H,1H3;2*1-2H3;2*2H. The second-order valence-electron chi connectivity index (χ2n) is 1.86. The van der Waals surface area contributed by atoms with Gasteiger partial charge in [-0.1, -0.05) is 63.6 Å². The summed E-state index contributed by atoms with van der Waals surface area (Å²) in [6.07, 6.45) is 1.50. The molecular weight excluding hydrogens is 216 g/mol. The van der Waals surface area contributed by atoms with Crippen molar-refractivity contribution in [3.63, 3.8) is 0 Å². The fraction of sp³-hybridized carbons (Fsp3) is 0.385. The Morgan fingerprint density at radius 3 is 1.18 bits per heavy atom. The molecule has 1 aromatic carbocycles. The number of carbonyl (C=O) groups excluding carboxylic acids is 2. The van der Waals surface area contributed by atoms with Gasteiger partial charge in [-0.2, -0.15) is 0 Å². The highest BCUT2D eigenvalue weighted by molar-refractivity contribution is 5.26. The summed E-state index contributed by atoms with van der Waals surface area (Å²) in [4.78, 5) is 16.7. The van der Waals surface area contributed by atoms with E-state index in [-0.39, 0.29) is 0 Å². The van der Waals surface area contributed by atoms with Gasteiger partial charge >= 0.3 is 0 Å². The van der Waals surface area contributed by atoms with Gasteiger partial charge in [-0.25, -0.2) is 20.4 Å². The van der Waals surface area contributed by atoms with Crippen LogP contribution in [0.2, 0.25) is 0 Å². The fourth-order valence-corrected chi connectivity index (χ4v) is 0.534. The Kier molecular flexibility index (Phi) is 52.8. The van der Waals surface area contributed by atoms with E-state index in [1.807, 2.05) is 45.9 Å². The van der Waals surface area contributed by atoms with Crippen LogP contribution in [0.5, 0.6) is 0 Å². The molecule has 2 N–H and O–H groups in total. The van der Waals surface area contributed by atoms with Crippen molar-refractivity contribution < 1.29 is 9.59 Å². The molecule has 0 aliphatic heterocycles. The fourth-order valence-electron chi connectivity index (χ4n) is 0.534. The minimum atomic E-state index is 0.750. The molecule has 17 heavy (non-hydrogen) atoms. The second-order valence-corrected chi connectivity index (χ2v) is 1.86. The number of benzene rings is 1. The van der Waals surface area contributed by atoms with Gasteiger partial charge in [-0.05, 0) is 6.92 Å². The van der Waals surface area contributed by atoms with Crippen LogP contribution in [0, 0.1) is 17.7 Å². The Balaban J connectivity index is -0.0000000727. The van der Waals surface area contributed by atoms with Crippen LogP contribution in [0.4, 0.5) is 0 Å². The Hall–Kier alpha value is -2.02. The van der Waals surface area contributed by atoms with Crippen molar-refractivity contribution in [2.75, 3.05) is 0 Å². The summed E-state index contributed by atoms with van der Waals surface area (Å²) in [5, 5.41) is 10.8. The minimum Gasteiger partial charge on any atom is -0.222 e. The summed E-state index contributed by atoms with van der Waals surface area (Å²) in [5.41, 5.74) is 1.32. The van der Waals surface area contributed by atoms with Crippen LogP contribution in [0.1, 0.15) is 33.3 Å². The molecule has 1 aromatic rings. The summed E-state index contributed by atoms with van der Waals surface area (Å²) in [6, 6.07) is 10.3. The van der Waals surface area contributed by atoms with Crippen molar-refractivity contribution >= 4 is 12.2 Å². The van der Waals surface area contributed by atoms with Crippen molar-refractivity contribution in [2.24, 2.45) is 0 Å². The monoisotopic (exact) mass is 238 g/mol.